The number of piperidine rings is 1. The van der Waals surface area contributed by atoms with Crippen LogP contribution in [-0.2, 0) is 4.74 Å². The van der Waals surface area contributed by atoms with Gasteiger partial charge in [-0.2, -0.15) is 0 Å². The summed E-state index contributed by atoms with van der Waals surface area (Å²) in [5, 5.41) is 37.8. The van der Waals surface area contributed by atoms with Crippen LogP contribution < -0.4 is 21.3 Å². The Balaban J connectivity index is 1.63. The van der Waals surface area contributed by atoms with E-state index >= 15 is 0 Å². The number of methoxy groups -OCH3 is 1. The second-order valence-corrected chi connectivity index (χ2v) is 14.9. The average molecular weight is 625 g/mol. The predicted molar refractivity (Wildman–Crippen MR) is 181 cm³/mol. The Morgan fingerprint density at radius 1 is 1.05 bits per heavy atom. The van der Waals surface area contributed by atoms with Crippen LogP contribution in [0.15, 0.2) is 4.99 Å². The van der Waals surface area contributed by atoms with Gasteiger partial charge in [0.1, 0.15) is 18.6 Å². The minimum Gasteiger partial charge on any atom is -0.385 e. The molecule has 0 aromatic carbocycles. The molecule has 0 saturated carbocycles. The van der Waals surface area contributed by atoms with Crippen LogP contribution in [0, 0.1) is 23.2 Å². The maximum absolute atomic E-state index is 12.0. The van der Waals surface area contributed by atoms with Crippen LogP contribution in [0.25, 0.3) is 0 Å². The molecule has 6 N–H and O–H groups in total. The molecule has 44 heavy (non-hydrogen) atoms. The fourth-order valence-corrected chi connectivity index (χ4v) is 6.90. The topological polar surface area (TPSA) is 120 Å². The summed E-state index contributed by atoms with van der Waals surface area (Å²) in [4.78, 5) is 12.0. The molecule has 11 heteroatoms. The van der Waals surface area contributed by atoms with Gasteiger partial charge in [0.15, 0.2) is 0 Å². The van der Waals surface area contributed by atoms with Gasteiger partial charge in [-0.3, -0.25) is 20.1 Å². The second-order valence-electron chi connectivity index (χ2n) is 14.9. The molecule has 7 atom stereocenters. The molecule has 0 bridgehead atoms. The molecule has 0 aromatic heterocycles. The second kappa shape index (κ2) is 19.2. The highest BCUT2D eigenvalue weighted by Crippen LogP contribution is 2.29. The Labute approximate surface area is 268 Å². The van der Waals surface area contributed by atoms with Gasteiger partial charge in [-0.25, -0.2) is 0 Å². The number of hydrogen-bond donors (Lipinski definition) is 6. The monoisotopic (exact) mass is 625 g/mol. The minimum atomic E-state index is -0.700. The number of nitrogens with one attached hydrogen (secondary N) is 4. The third-order valence-electron chi connectivity index (χ3n) is 9.53. The Morgan fingerprint density at radius 2 is 1.80 bits per heavy atom. The predicted octanol–water partition coefficient (Wildman–Crippen LogP) is 1.18. The van der Waals surface area contributed by atoms with Crippen LogP contribution in [0.4, 0.5) is 0 Å². The maximum Gasteiger partial charge on any atom is 0.118 e. The van der Waals surface area contributed by atoms with E-state index in [0.717, 1.165) is 78.3 Å². The van der Waals surface area contributed by atoms with Gasteiger partial charge in [0.25, 0.3) is 0 Å². The van der Waals surface area contributed by atoms with Gasteiger partial charge >= 0.3 is 0 Å². The fourth-order valence-electron chi connectivity index (χ4n) is 6.90. The highest BCUT2D eigenvalue weighted by molar-refractivity contribution is 5.64. The van der Waals surface area contributed by atoms with E-state index in [4.69, 9.17) is 9.73 Å². The van der Waals surface area contributed by atoms with Gasteiger partial charge in [-0.1, -0.05) is 41.0 Å². The molecule has 11 nitrogen and oxygen atoms in total. The van der Waals surface area contributed by atoms with Crippen LogP contribution in [0.5, 0.6) is 0 Å². The summed E-state index contributed by atoms with van der Waals surface area (Å²) in [5.74, 6) is 0.312. The molecule has 5 unspecified atom stereocenters. The average Bonchev–Trinajstić information content (AvgIpc) is 3.01. The van der Waals surface area contributed by atoms with E-state index in [1.165, 1.54) is 19.3 Å². The number of ether oxygens (including phenoxy) is 1. The molecule has 3 rings (SSSR count). The molecule has 258 valence electrons. The third kappa shape index (κ3) is 11.8. The third-order valence-corrected chi connectivity index (χ3v) is 9.53. The number of nitrogens with zero attached hydrogens (tertiary/aromatic N) is 4. The molecule has 0 amide bonds. The van der Waals surface area contributed by atoms with Gasteiger partial charge in [0.2, 0.25) is 0 Å². The first-order valence-corrected chi connectivity index (χ1v) is 17.5. The van der Waals surface area contributed by atoms with Crippen molar-refractivity contribution in [1.82, 2.24) is 36.0 Å². The lowest BCUT2D eigenvalue weighted by Crippen LogP contribution is -2.65. The smallest absolute Gasteiger partial charge is 0.118 e. The van der Waals surface area contributed by atoms with Crippen LogP contribution in [-0.4, -0.2) is 148 Å². The number of unbranched alkanes of at least 4 members (excludes halogenated alkanes) is 2. The Bertz CT molecular complexity index is 804. The standard InChI is InChI=1S/C33H68N8O3/c1-25(2)24-41(31(43)28-23-37-32(33(3,4)5)38-29(28)36-13-11-19-44-7)27-20-26(21-35-22-27)30(42)40-17-15-39(16-18-40)14-10-8-9-12-34-6/h23,25-32,34-36,38,42-43H,8-22,24H2,1-7H3/t26-,27+,28?,29?,30?,31?,32?/m1/s1. The number of aliphatic imine (C=N–C) groups is 1. The first-order valence-electron chi connectivity index (χ1n) is 17.5. The lowest BCUT2D eigenvalue weighted by Gasteiger charge is -2.48. The largest absolute Gasteiger partial charge is 0.385 e. The molecule has 3 aliphatic rings. The van der Waals surface area contributed by atoms with Crippen LogP contribution in [0.1, 0.15) is 66.7 Å². The van der Waals surface area contributed by atoms with Crippen molar-refractivity contribution in [3.63, 3.8) is 0 Å². The number of hydrogen-bond acceptors (Lipinski definition) is 11. The van der Waals surface area contributed by atoms with Gasteiger partial charge in [-0.05, 0) is 63.7 Å². The molecule has 3 aliphatic heterocycles. The molecule has 0 aromatic rings. The Kier molecular flexibility index (Phi) is 16.4. The van der Waals surface area contributed by atoms with Crippen molar-refractivity contribution < 1.29 is 14.9 Å². The van der Waals surface area contributed by atoms with Crippen molar-refractivity contribution in [3.05, 3.63) is 0 Å². The summed E-state index contributed by atoms with van der Waals surface area (Å²) >= 11 is 0. The van der Waals surface area contributed by atoms with Crippen molar-refractivity contribution in [2.75, 3.05) is 86.2 Å². The SMILES string of the molecule is CNCCCCCN1CCN(C(O)[C@H]2CNC[C@@H](N(CC(C)C)C(O)C3C=NC(C(C)(C)C)NC3NCCCOC)C2)CC1. The summed E-state index contributed by atoms with van der Waals surface area (Å²) in [7, 11) is 3.75. The molecule has 0 spiro atoms. The normalized spacial score (nSPS) is 29.0. The molecule has 3 heterocycles. The van der Waals surface area contributed by atoms with Crippen molar-refractivity contribution in [1.29, 1.82) is 0 Å². The molecular formula is C33H68N8O3. The highest BCUT2D eigenvalue weighted by Gasteiger charge is 2.42. The number of rotatable bonds is 18. The lowest BCUT2D eigenvalue weighted by molar-refractivity contribution is -0.100. The van der Waals surface area contributed by atoms with E-state index in [0.29, 0.717) is 12.5 Å². The van der Waals surface area contributed by atoms with Crippen LogP contribution >= 0.6 is 0 Å². The zero-order valence-corrected chi connectivity index (χ0v) is 29.1. The minimum absolute atomic E-state index is 0.0286. The zero-order valence-electron chi connectivity index (χ0n) is 29.1. The van der Waals surface area contributed by atoms with Gasteiger partial charge in [0.05, 0.1) is 12.1 Å². The molecule has 0 radical (unpaired) electrons. The van der Waals surface area contributed by atoms with Crippen molar-refractivity contribution in [2.24, 2.45) is 28.2 Å². The first-order chi connectivity index (χ1) is 21.0. The summed E-state index contributed by atoms with van der Waals surface area (Å²) in [6.45, 7) is 21.0. The number of aliphatic hydroxyl groups excluding tert-OH is 2. The van der Waals surface area contributed by atoms with E-state index < -0.39 is 12.5 Å². The van der Waals surface area contributed by atoms with Gasteiger partial charge in [-0.15, -0.1) is 0 Å². The lowest BCUT2D eigenvalue weighted by atomic mass is 9.88. The fraction of sp³-hybridized carbons (Fsp3) is 0.970. The summed E-state index contributed by atoms with van der Waals surface area (Å²) in [6.07, 6.45) is 6.20. The summed E-state index contributed by atoms with van der Waals surface area (Å²) in [6, 6.07) is 0.127. The quantitative estimate of drug-likeness (QED) is 0.0981. The van der Waals surface area contributed by atoms with E-state index in [1.807, 2.05) is 13.3 Å². The number of aliphatic hydroxyl groups is 2. The molecular weight excluding hydrogens is 556 g/mol. The number of piperazine rings is 1. The van der Waals surface area contributed by atoms with Gasteiger partial charge in [0, 0.05) is 77.7 Å². The molecule has 0 aliphatic carbocycles. The van der Waals surface area contributed by atoms with E-state index in [2.05, 4.69) is 70.6 Å². The van der Waals surface area contributed by atoms with E-state index in [9.17, 15) is 10.2 Å². The van der Waals surface area contributed by atoms with Gasteiger partial charge < -0.3 is 35.8 Å². The van der Waals surface area contributed by atoms with E-state index in [-0.39, 0.29) is 35.6 Å². The Hall–Kier alpha value is -0.730. The maximum atomic E-state index is 12.0. The molecule has 2 fully saturated rings. The summed E-state index contributed by atoms with van der Waals surface area (Å²) in [5.41, 5.74) is -0.0367. The summed E-state index contributed by atoms with van der Waals surface area (Å²) < 4.78 is 5.27. The molecule has 2 saturated heterocycles. The zero-order chi connectivity index (χ0) is 32.1. The first kappa shape index (κ1) is 37.7. The van der Waals surface area contributed by atoms with Crippen LogP contribution in [0.2, 0.25) is 0 Å². The highest BCUT2D eigenvalue weighted by atomic mass is 16.5. The Morgan fingerprint density at radius 3 is 2.45 bits per heavy atom. The van der Waals surface area contributed by atoms with Crippen molar-refractivity contribution >= 4 is 6.21 Å². The van der Waals surface area contributed by atoms with Crippen molar-refractivity contribution in [3.8, 4) is 0 Å². The van der Waals surface area contributed by atoms with E-state index in [1.54, 1.807) is 7.11 Å². The van der Waals surface area contributed by atoms with Crippen LogP contribution in [0.3, 0.4) is 0 Å². The van der Waals surface area contributed by atoms with Crippen molar-refractivity contribution in [2.45, 2.75) is 97.6 Å².